The standard InChI is InChI=1S/C12H12N2O3S/c1-18(15,16)12-14-13-11(17-12)10-6-4-9(5-7-10)8-2-3-8/h4-8H,2-3H2,1H3. The molecule has 0 radical (unpaired) electrons. The lowest BCUT2D eigenvalue weighted by Crippen LogP contribution is -1.96. The first-order valence-corrected chi connectivity index (χ1v) is 7.57. The fraction of sp³-hybridized carbons (Fsp3) is 0.333. The van der Waals surface area contributed by atoms with Crippen molar-refractivity contribution in [2.45, 2.75) is 24.0 Å². The summed E-state index contributed by atoms with van der Waals surface area (Å²) in [5.74, 6) is 0.922. The lowest BCUT2D eigenvalue weighted by molar-refractivity contribution is 0.442. The van der Waals surface area contributed by atoms with Gasteiger partial charge in [-0.25, -0.2) is 8.42 Å². The van der Waals surface area contributed by atoms with Gasteiger partial charge in [-0.1, -0.05) is 17.2 Å². The van der Waals surface area contributed by atoms with Gasteiger partial charge in [-0.2, -0.15) is 0 Å². The third kappa shape index (κ3) is 2.15. The second kappa shape index (κ2) is 3.91. The molecule has 94 valence electrons. The van der Waals surface area contributed by atoms with Gasteiger partial charge in [-0.15, -0.1) is 5.10 Å². The Balaban J connectivity index is 1.92. The summed E-state index contributed by atoms with van der Waals surface area (Å²) in [7, 11) is -3.44. The van der Waals surface area contributed by atoms with E-state index in [9.17, 15) is 8.42 Å². The lowest BCUT2D eigenvalue weighted by Gasteiger charge is -1.98. The number of nitrogens with zero attached hydrogens (tertiary/aromatic N) is 2. The van der Waals surface area contributed by atoms with Gasteiger partial charge in [0.15, 0.2) is 0 Å². The third-order valence-electron chi connectivity index (χ3n) is 2.93. The first-order chi connectivity index (χ1) is 8.54. The van der Waals surface area contributed by atoms with Crippen LogP contribution in [0.25, 0.3) is 11.5 Å². The Morgan fingerprint density at radius 3 is 2.33 bits per heavy atom. The molecule has 0 aliphatic heterocycles. The van der Waals surface area contributed by atoms with Crippen molar-refractivity contribution >= 4 is 9.84 Å². The monoisotopic (exact) mass is 264 g/mol. The molecule has 1 aliphatic carbocycles. The van der Waals surface area contributed by atoms with Gasteiger partial charge in [-0.3, -0.25) is 0 Å². The van der Waals surface area contributed by atoms with Crippen LogP contribution in [0.4, 0.5) is 0 Å². The van der Waals surface area contributed by atoms with Crippen molar-refractivity contribution in [1.82, 2.24) is 10.2 Å². The minimum atomic E-state index is -3.44. The van der Waals surface area contributed by atoms with E-state index in [1.807, 2.05) is 24.3 Å². The summed E-state index contributed by atoms with van der Waals surface area (Å²) in [6.45, 7) is 0. The largest absolute Gasteiger partial charge is 0.408 e. The van der Waals surface area contributed by atoms with Crippen molar-refractivity contribution in [3.8, 4) is 11.5 Å². The normalized spacial score (nSPS) is 15.8. The van der Waals surface area contributed by atoms with E-state index in [4.69, 9.17) is 4.42 Å². The molecule has 1 saturated carbocycles. The van der Waals surface area contributed by atoms with Gasteiger partial charge in [-0.05, 0) is 36.5 Å². The highest BCUT2D eigenvalue weighted by Crippen LogP contribution is 2.40. The molecule has 1 aromatic carbocycles. The molecule has 6 heteroatoms. The second-order valence-electron chi connectivity index (χ2n) is 4.54. The average molecular weight is 264 g/mol. The highest BCUT2D eigenvalue weighted by molar-refractivity contribution is 7.90. The maximum absolute atomic E-state index is 11.2. The van der Waals surface area contributed by atoms with Gasteiger partial charge in [0.1, 0.15) is 0 Å². The van der Waals surface area contributed by atoms with Crippen LogP contribution in [0.5, 0.6) is 0 Å². The summed E-state index contributed by atoms with van der Waals surface area (Å²) >= 11 is 0. The van der Waals surface area contributed by atoms with E-state index in [2.05, 4.69) is 10.2 Å². The zero-order valence-corrected chi connectivity index (χ0v) is 10.6. The van der Waals surface area contributed by atoms with Crippen molar-refractivity contribution in [1.29, 1.82) is 0 Å². The smallest absolute Gasteiger partial charge is 0.335 e. The van der Waals surface area contributed by atoms with E-state index in [1.165, 1.54) is 18.4 Å². The SMILES string of the molecule is CS(=O)(=O)c1nnc(-c2ccc(C3CC3)cc2)o1. The van der Waals surface area contributed by atoms with E-state index in [1.54, 1.807) is 0 Å². The van der Waals surface area contributed by atoms with Crippen molar-refractivity contribution in [3.05, 3.63) is 29.8 Å². The molecule has 1 aromatic heterocycles. The fourth-order valence-corrected chi connectivity index (χ4v) is 2.21. The minimum Gasteiger partial charge on any atom is -0.408 e. The Hall–Kier alpha value is -1.69. The Labute approximate surface area is 105 Å². The molecule has 1 fully saturated rings. The summed E-state index contributed by atoms with van der Waals surface area (Å²) in [5.41, 5.74) is 2.04. The number of benzene rings is 1. The molecule has 0 atom stereocenters. The molecule has 0 amide bonds. The lowest BCUT2D eigenvalue weighted by atomic mass is 10.1. The minimum absolute atomic E-state index is 0.234. The van der Waals surface area contributed by atoms with Crippen molar-refractivity contribution in [3.63, 3.8) is 0 Å². The maximum Gasteiger partial charge on any atom is 0.335 e. The number of sulfone groups is 1. The van der Waals surface area contributed by atoms with Crippen LogP contribution in [-0.2, 0) is 9.84 Å². The number of aromatic nitrogens is 2. The van der Waals surface area contributed by atoms with E-state index in [0.717, 1.165) is 11.8 Å². The highest BCUT2D eigenvalue weighted by atomic mass is 32.2. The van der Waals surface area contributed by atoms with Crippen molar-refractivity contribution < 1.29 is 12.8 Å². The summed E-state index contributed by atoms with van der Waals surface area (Å²) in [4.78, 5) is 0. The van der Waals surface area contributed by atoms with E-state index >= 15 is 0 Å². The molecule has 3 rings (SSSR count). The molecule has 0 unspecified atom stereocenters. The molecule has 0 N–H and O–H groups in total. The fourth-order valence-electron chi connectivity index (χ4n) is 1.79. The molecule has 2 aromatic rings. The highest BCUT2D eigenvalue weighted by Gasteiger charge is 2.23. The van der Waals surface area contributed by atoms with Crippen LogP contribution >= 0.6 is 0 Å². The van der Waals surface area contributed by atoms with Gasteiger partial charge in [0.05, 0.1) is 0 Å². The quantitative estimate of drug-likeness (QED) is 0.848. The van der Waals surface area contributed by atoms with Gasteiger partial charge in [0, 0.05) is 11.8 Å². The molecule has 5 nitrogen and oxygen atoms in total. The van der Waals surface area contributed by atoms with Crippen LogP contribution in [0.15, 0.2) is 33.9 Å². The van der Waals surface area contributed by atoms with Gasteiger partial charge in [0.2, 0.25) is 15.7 Å². The van der Waals surface area contributed by atoms with Gasteiger partial charge in [0.25, 0.3) is 0 Å². The number of rotatable bonds is 3. The van der Waals surface area contributed by atoms with Crippen molar-refractivity contribution in [2.24, 2.45) is 0 Å². The first kappa shape index (κ1) is 11.4. The molecular weight excluding hydrogens is 252 g/mol. The molecule has 0 saturated heterocycles. The van der Waals surface area contributed by atoms with Crippen LogP contribution in [-0.4, -0.2) is 24.9 Å². The van der Waals surface area contributed by atoms with E-state index < -0.39 is 9.84 Å². The predicted octanol–water partition coefficient (Wildman–Crippen LogP) is 2.02. The molecule has 1 heterocycles. The van der Waals surface area contributed by atoms with Crippen LogP contribution in [0, 0.1) is 0 Å². The van der Waals surface area contributed by atoms with Gasteiger partial charge < -0.3 is 4.42 Å². The van der Waals surface area contributed by atoms with Crippen LogP contribution in [0.1, 0.15) is 24.3 Å². The van der Waals surface area contributed by atoms with Crippen molar-refractivity contribution in [2.75, 3.05) is 6.26 Å². The molecule has 18 heavy (non-hydrogen) atoms. The summed E-state index contributed by atoms with van der Waals surface area (Å²) < 4.78 is 27.6. The molecule has 1 aliphatic rings. The predicted molar refractivity (Wildman–Crippen MR) is 64.8 cm³/mol. The third-order valence-corrected chi connectivity index (χ3v) is 3.73. The Morgan fingerprint density at radius 1 is 1.17 bits per heavy atom. The molecular formula is C12H12N2O3S. The summed E-state index contributed by atoms with van der Waals surface area (Å²) in [6, 6.07) is 7.81. The zero-order valence-electron chi connectivity index (χ0n) is 9.83. The summed E-state index contributed by atoms with van der Waals surface area (Å²) in [5, 5.41) is 6.93. The number of hydrogen-bond donors (Lipinski definition) is 0. The summed E-state index contributed by atoms with van der Waals surface area (Å²) in [6.07, 6.45) is 3.54. The average Bonchev–Trinajstić information content (AvgIpc) is 3.05. The Bertz CT molecular complexity index is 670. The van der Waals surface area contributed by atoms with Gasteiger partial charge >= 0.3 is 5.22 Å². The van der Waals surface area contributed by atoms with E-state index in [0.29, 0.717) is 5.92 Å². The Kier molecular flexibility index (Phi) is 2.48. The second-order valence-corrected chi connectivity index (χ2v) is 6.44. The van der Waals surface area contributed by atoms with Crippen LogP contribution in [0.3, 0.4) is 0 Å². The molecule has 0 spiro atoms. The number of hydrogen-bond acceptors (Lipinski definition) is 5. The van der Waals surface area contributed by atoms with E-state index in [-0.39, 0.29) is 11.1 Å². The zero-order chi connectivity index (χ0) is 12.8. The van der Waals surface area contributed by atoms with Crippen LogP contribution in [0.2, 0.25) is 0 Å². The van der Waals surface area contributed by atoms with Crippen LogP contribution < -0.4 is 0 Å². The first-order valence-electron chi connectivity index (χ1n) is 5.68. The topological polar surface area (TPSA) is 73.1 Å². The Morgan fingerprint density at radius 2 is 1.83 bits per heavy atom. The maximum atomic E-state index is 11.2. The molecule has 0 bridgehead atoms.